The number of oxazole rings is 1. The van der Waals surface area contributed by atoms with E-state index in [-0.39, 0.29) is 0 Å². The molecule has 0 atom stereocenters. The molecule has 112 valence electrons. The molecule has 3 aromatic heterocycles. The average molecular weight is 313 g/mol. The predicted octanol–water partition coefficient (Wildman–Crippen LogP) is 3.31. The number of aliphatic hydroxyl groups is 1. The van der Waals surface area contributed by atoms with E-state index in [2.05, 4.69) is 27.6 Å². The zero-order valence-electron chi connectivity index (χ0n) is 12.2. The molecule has 3 rings (SSSR count). The van der Waals surface area contributed by atoms with Gasteiger partial charge in [0.25, 0.3) is 0 Å². The van der Waals surface area contributed by atoms with Gasteiger partial charge in [-0.1, -0.05) is 6.07 Å². The molecule has 5 nitrogen and oxygen atoms in total. The maximum atomic E-state index is 9.94. The van der Waals surface area contributed by atoms with Crippen molar-refractivity contribution in [1.29, 1.82) is 0 Å². The normalized spacial score (nSPS) is 11.6. The number of pyridine rings is 2. The lowest BCUT2D eigenvalue weighted by atomic mass is 10.0. The standard InChI is InChI=1S/C16H15N3O2S/c1-16(2,20)12-7-6-10(9-18-12)13-15(22)21-14(19-13)11-5-3-4-8-17-11/h3-9,20,22H,1-2H3. The van der Waals surface area contributed by atoms with Crippen molar-refractivity contribution in [2.75, 3.05) is 0 Å². The number of aromatic nitrogens is 3. The third-order valence-corrected chi connectivity index (χ3v) is 3.46. The lowest BCUT2D eigenvalue weighted by Crippen LogP contribution is -2.17. The van der Waals surface area contributed by atoms with Gasteiger partial charge in [-0.15, -0.1) is 12.6 Å². The molecule has 6 heteroatoms. The minimum Gasteiger partial charge on any atom is -0.428 e. The van der Waals surface area contributed by atoms with Gasteiger partial charge in [-0.3, -0.25) is 9.97 Å². The molecule has 0 aromatic carbocycles. The second kappa shape index (κ2) is 5.55. The van der Waals surface area contributed by atoms with Crippen molar-refractivity contribution in [2.24, 2.45) is 0 Å². The minimum atomic E-state index is -0.981. The molecule has 0 amide bonds. The summed E-state index contributed by atoms with van der Waals surface area (Å²) in [7, 11) is 0. The zero-order valence-corrected chi connectivity index (χ0v) is 13.1. The molecule has 0 unspecified atom stereocenters. The molecule has 3 heterocycles. The van der Waals surface area contributed by atoms with Crippen LogP contribution in [0.5, 0.6) is 0 Å². The maximum absolute atomic E-state index is 9.94. The van der Waals surface area contributed by atoms with Crippen LogP contribution in [-0.4, -0.2) is 20.1 Å². The molecule has 0 saturated heterocycles. The van der Waals surface area contributed by atoms with Crippen LogP contribution in [0.3, 0.4) is 0 Å². The summed E-state index contributed by atoms with van der Waals surface area (Å²) in [5.41, 5.74) is 1.61. The molecule has 0 fully saturated rings. The van der Waals surface area contributed by atoms with E-state index >= 15 is 0 Å². The summed E-state index contributed by atoms with van der Waals surface area (Å²) in [4.78, 5) is 12.9. The Hall–Kier alpha value is -2.18. The zero-order chi connectivity index (χ0) is 15.7. The summed E-state index contributed by atoms with van der Waals surface area (Å²) < 4.78 is 5.57. The summed E-state index contributed by atoms with van der Waals surface area (Å²) in [5.74, 6) is 0.409. The molecule has 0 bridgehead atoms. The molecule has 22 heavy (non-hydrogen) atoms. The molecular weight excluding hydrogens is 298 g/mol. The maximum Gasteiger partial charge on any atom is 0.246 e. The summed E-state index contributed by atoms with van der Waals surface area (Å²) in [6.45, 7) is 3.38. The Bertz CT molecular complexity index is 777. The van der Waals surface area contributed by atoms with Crippen LogP contribution in [0.15, 0.2) is 52.2 Å². The summed E-state index contributed by atoms with van der Waals surface area (Å²) in [6, 6.07) is 9.11. The lowest BCUT2D eigenvalue weighted by Gasteiger charge is -2.16. The SMILES string of the molecule is CC(C)(O)c1ccc(-c2nc(-c3ccccn3)oc2S)cn1. The Labute approximate surface area is 133 Å². The summed E-state index contributed by atoms with van der Waals surface area (Å²) >= 11 is 4.33. The van der Waals surface area contributed by atoms with Gasteiger partial charge < -0.3 is 9.52 Å². The molecule has 0 aliphatic heterocycles. The Morgan fingerprint density at radius 1 is 1.14 bits per heavy atom. The Morgan fingerprint density at radius 2 is 1.95 bits per heavy atom. The molecular formula is C16H15N3O2S. The number of rotatable bonds is 3. The highest BCUT2D eigenvalue weighted by atomic mass is 32.1. The van der Waals surface area contributed by atoms with Gasteiger partial charge in [-0.25, -0.2) is 4.98 Å². The fourth-order valence-corrected chi connectivity index (χ4v) is 2.26. The van der Waals surface area contributed by atoms with Gasteiger partial charge in [0.2, 0.25) is 5.89 Å². The highest BCUT2D eigenvalue weighted by Gasteiger charge is 2.19. The number of hydrogen-bond donors (Lipinski definition) is 2. The average Bonchev–Trinajstić information content (AvgIpc) is 2.89. The van der Waals surface area contributed by atoms with Gasteiger partial charge in [-0.05, 0) is 38.1 Å². The first kappa shape index (κ1) is 14.7. The van der Waals surface area contributed by atoms with Crippen LogP contribution in [-0.2, 0) is 5.60 Å². The van der Waals surface area contributed by atoms with Crippen LogP contribution in [0, 0.1) is 0 Å². The van der Waals surface area contributed by atoms with E-state index in [0.29, 0.717) is 28.1 Å². The molecule has 0 aliphatic rings. The molecule has 0 saturated carbocycles. The largest absolute Gasteiger partial charge is 0.428 e. The van der Waals surface area contributed by atoms with Crippen molar-refractivity contribution in [1.82, 2.24) is 15.0 Å². The van der Waals surface area contributed by atoms with Gasteiger partial charge in [0, 0.05) is 18.0 Å². The van der Waals surface area contributed by atoms with Crippen LogP contribution in [0.4, 0.5) is 0 Å². The molecule has 1 N–H and O–H groups in total. The number of hydrogen-bond acceptors (Lipinski definition) is 6. The molecule has 0 spiro atoms. The first-order valence-electron chi connectivity index (χ1n) is 6.75. The van der Waals surface area contributed by atoms with Crippen LogP contribution in [0.25, 0.3) is 22.8 Å². The van der Waals surface area contributed by atoms with Crippen LogP contribution in [0.1, 0.15) is 19.5 Å². The number of thiol groups is 1. The fraction of sp³-hybridized carbons (Fsp3) is 0.188. The molecule has 3 aromatic rings. The van der Waals surface area contributed by atoms with E-state index in [0.717, 1.165) is 5.56 Å². The van der Waals surface area contributed by atoms with Crippen LogP contribution in [0.2, 0.25) is 0 Å². The smallest absolute Gasteiger partial charge is 0.246 e. The molecule has 0 radical (unpaired) electrons. The number of nitrogens with zero attached hydrogens (tertiary/aromatic N) is 3. The van der Waals surface area contributed by atoms with E-state index < -0.39 is 5.60 Å². The van der Waals surface area contributed by atoms with E-state index in [1.807, 2.05) is 24.3 Å². The fourth-order valence-electron chi connectivity index (χ4n) is 1.99. The first-order chi connectivity index (χ1) is 10.4. The van der Waals surface area contributed by atoms with Gasteiger partial charge in [-0.2, -0.15) is 0 Å². The Morgan fingerprint density at radius 3 is 2.55 bits per heavy atom. The van der Waals surface area contributed by atoms with Gasteiger partial charge >= 0.3 is 0 Å². The van der Waals surface area contributed by atoms with E-state index in [4.69, 9.17) is 4.42 Å². The second-order valence-electron chi connectivity index (χ2n) is 5.38. The van der Waals surface area contributed by atoms with E-state index in [1.165, 1.54) is 0 Å². The third-order valence-electron chi connectivity index (χ3n) is 3.16. The van der Waals surface area contributed by atoms with Crippen LogP contribution < -0.4 is 0 Å². The lowest BCUT2D eigenvalue weighted by molar-refractivity contribution is 0.0739. The van der Waals surface area contributed by atoms with Gasteiger partial charge in [0.05, 0.1) is 5.69 Å². The van der Waals surface area contributed by atoms with E-state index in [1.54, 1.807) is 32.3 Å². The van der Waals surface area contributed by atoms with Gasteiger partial charge in [0.15, 0.2) is 5.09 Å². The van der Waals surface area contributed by atoms with Crippen LogP contribution >= 0.6 is 12.6 Å². The summed E-state index contributed by atoms with van der Waals surface area (Å²) in [6.07, 6.45) is 3.32. The van der Waals surface area contributed by atoms with Gasteiger partial charge in [0.1, 0.15) is 17.0 Å². The quantitative estimate of drug-likeness (QED) is 0.726. The van der Waals surface area contributed by atoms with Crippen molar-refractivity contribution in [3.05, 3.63) is 48.4 Å². The highest BCUT2D eigenvalue weighted by molar-refractivity contribution is 7.80. The second-order valence-corrected chi connectivity index (χ2v) is 5.79. The van der Waals surface area contributed by atoms with Crippen molar-refractivity contribution in [3.8, 4) is 22.8 Å². The topological polar surface area (TPSA) is 72.0 Å². The summed E-state index contributed by atoms with van der Waals surface area (Å²) in [5, 5.41) is 10.3. The van der Waals surface area contributed by atoms with Crippen molar-refractivity contribution in [3.63, 3.8) is 0 Å². The predicted molar refractivity (Wildman–Crippen MR) is 85.5 cm³/mol. The van der Waals surface area contributed by atoms with E-state index in [9.17, 15) is 5.11 Å². The van der Waals surface area contributed by atoms with Crippen molar-refractivity contribution in [2.45, 2.75) is 24.5 Å². The highest BCUT2D eigenvalue weighted by Crippen LogP contribution is 2.30. The Balaban J connectivity index is 1.98. The molecule has 0 aliphatic carbocycles. The Kier molecular flexibility index (Phi) is 3.72. The monoisotopic (exact) mass is 313 g/mol. The van der Waals surface area contributed by atoms with Crippen molar-refractivity contribution < 1.29 is 9.52 Å². The third kappa shape index (κ3) is 2.88. The minimum absolute atomic E-state index is 0.401. The van der Waals surface area contributed by atoms with Crippen molar-refractivity contribution >= 4 is 12.6 Å². The first-order valence-corrected chi connectivity index (χ1v) is 7.20.